The number of imide groups is 2. The average molecular weight is 407 g/mol. The van der Waals surface area contributed by atoms with E-state index in [4.69, 9.17) is 0 Å². The summed E-state index contributed by atoms with van der Waals surface area (Å²) < 4.78 is 0. The molecule has 0 aliphatic heterocycles. The molecule has 0 aliphatic rings. The molecule has 0 unspecified atom stereocenters. The lowest BCUT2D eigenvalue weighted by Gasteiger charge is -2.08. The molecule has 0 radical (unpaired) electrons. The SMILES string of the molecule is CC(C)CCNC(=O)NC(=O)CSSCCNC(=O)NC(=O)CC(C)C. The van der Waals surface area contributed by atoms with E-state index in [-0.39, 0.29) is 23.5 Å². The highest BCUT2D eigenvalue weighted by molar-refractivity contribution is 8.76. The molecule has 150 valence electrons. The third-order valence-corrected chi connectivity index (χ3v) is 5.12. The van der Waals surface area contributed by atoms with Crippen LogP contribution in [0.4, 0.5) is 9.59 Å². The summed E-state index contributed by atoms with van der Waals surface area (Å²) in [5.41, 5.74) is 0. The van der Waals surface area contributed by atoms with Gasteiger partial charge in [0.25, 0.3) is 0 Å². The number of rotatable bonds is 11. The lowest BCUT2D eigenvalue weighted by Crippen LogP contribution is -2.41. The van der Waals surface area contributed by atoms with Crippen LogP contribution in [0.2, 0.25) is 0 Å². The fourth-order valence-electron chi connectivity index (χ4n) is 1.63. The van der Waals surface area contributed by atoms with Crippen molar-refractivity contribution in [3.8, 4) is 0 Å². The Balaban J connectivity index is 3.62. The summed E-state index contributed by atoms with van der Waals surface area (Å²) in [6.45, 7) is 8.82. The van der Waals surface area contributed by atoms with Gasteiger partial charge in [0.05, 0.1) is 5.75 Å². The highest BCUT2D eigenvalue weighted by Crippen LogP contribution is 2.19. The van der Waals surface area contributed by atoms with Gasteiger partial charge in [0.1, 0.15) is 0 Å². The monoisotopic (exact) mass is 406 g/mol. The Morgan fingerprint density at radius 2 is 1.35 bits per heavy atom. The molecule has 10 heteroatoms. The third kappa shape index (κ3) is 16.1. The minimum Gasteiger partial charge on any atom is -0.338 e. The number of urea groups is 2. The zero-order valence-electron chi connectivity index (χ0n) is 15.8. The summed E-state index contributed by atoms with van der Waals surface area (Å²) in [6.07, 6.45) is 1.16. The van der Waals surface area contributed by atoms with Crippen molar-refractivity contribution in [2.24, 2.45) is 11.8 Å². The summed E-state index contributed by atoms with van der Waals surface area (Å²) >= 11 is 0. The van der Waals surface area contributed by atoms with Crippen molar-refractivity contribution in [2.45, 2.75) is 40.5 Å². The Bertz CT molecular complexity index is 473. The first-order chi connectivity index (χ1) is 12.2. The number of carbonyl (C=O) groups is 4. The molecular formula is C16H30N4O4S2. The molecule has 0 aromatic carbocycles. The van der Waals surface area contributed by atoms with Gasteiger partial charge >= 0.3 is 12.1 Å². The average Bonchev–Trinajstić information content (AvgIpc) is 2.49. The van der Waals surface area contributed by atoms with Gasteiger partial charge in [-0.2, -0.15) is 0 Å². The quantitative estimate of drug-likeness (QED) is 0.308. The molecule has 0 bridgehead atoms. The predicted octanol–water partition coefficient (Wildman–Crippen LogP) is 2.11. The maximum Gasteiger partial charge on any atom is 0.321 e. The van der Waals surface area contributed by atoms with E-state index >= 15 is 0 Å². The molecule has 8 nitrogen and oxygen atoms in total. The van der Waals surface area contributed by atoms with E-state index in [0.717, 1.165) is 6.42 Å². The van der Waals surface area contributed by atoms with Gasteiger partial charge in [-0.1, -0.05) is 49.3 Å². The summed E-state index contributed by atoms with van der Waals surface area (Å²) in [4.78, 5) is 45.9. The molecule has 0 aliphatic carbocycles. The van der Waals surface area contributed by atoms with Crippen molar-refractivity contribution in [1.82, 2.24) is 21.3 Å². The van der Waals surface area contributed by atoms with Crippen LogP contribution >= 0.6 is 21.6 Å². The Morgan fingerprint density at radius 3 is 1.92 bits per heavy atom. The van der Waals surface area contributed by atoms with Crippen molar-refractivity contribution >= 4 is 45.5 Å². The van der Waals surface area contributed by atoms with Crippen LogP contribution in [0.3, 0.4) is 0 Å². The fraction of sp³-hybridized carbons (Fsp3) is 0.750. The second-order valence-electron chi connectivity index (χ2n) is 6.47. The van der Waals surface area contributed by atoms with Crippen molar-refractivity contribution in [3.63, 3.8) is 0 Å². The number of carbonyl (C=O) groups excluding carboxylic acids is 4. The first-order valence-electron chi connectivity index (χ1n) is 8.60. The van der Waals surface area contributed by atoms with E-state index in [1.807, 2.05) is 13.8 Å². The van der Waals surface area contributed by atoms with E-state index in [9.17, 15) is 19.2 Å². The van der Waals surface area contributed by atoms with Gasteiger partial charge in [0.2, 0.25) is 11.8 Å². The van der Waals surface area contributed by atoms with E-state index in [1.54, 1.807) is 0 Å². The minimum absolute atomic E-state index is 0.140. The molecule has 0 heterocycles. The van der Waals surface area contributed by atoms with Gasteiger partial charge in [0.15, 0.2) is 0 Å². The van der Waals surface area contributed by atoms with Crippen LogP contribution in [0.1, 0.15) is 40.5 Å². The number of amides is 6. The maximum atomic E-state index is 11.6. The van der Waals surface area contributed by atoms with Gasteiger partial charge in [0, 0.05) is 25.3 Å². The Hall–Kier alpha value is -1.42. The van der Waals surface area contributed by atoms with Gasteiger partial charge in [-0.15, -0.1) is 0 Å². The Kier molecular flexibility index (Phi) is 13.9. The van der Waals surface area contributed by atoms with Gasteiger partial charge in [-0.3, -0.25) is 20.2 Å². The molecular weight excluding hydrogens is 376 g/mol. The molecule has 0 saturated carbocycles. The fourth-order valence-corrected chi connectivity index (χ4v) is 3.37. The van der Waals surface area contributed by atoms with Crippen molar-refractivity contribution in [2.75, 3.05) is 24.6 Å². The standard InChI is InChI=1S/C16H30N4O4S2/c1-11(2)5-6-17-15(23)20-14(22)10-26-25-8-7-18-16(24)19-13(21)9-12(3)4/h11-12H,5-10H2,1-4H3,(H2,17,20,22,23)(H2,18,19,21,24). The number of hydrogen-bond acceptors (Lipinski definition) is 6. The van der Waals surface area contributed by atoms with Crippen molar-refractivity contribution in [3.05, 3.63) is 0 Å². The van der Waals surface area contributed by atoms with Crippen LogP contribution in [0, 0.1) is 11.8 Å². The number of hydrogen-bond donors (Lipinski definition) is 4. The highest BCUT2D eigenvalue weighted by atomic mass is 33.1. The second kappa shape index (κ2) is 14.7. The third-order valence-electron chi connectivity index (χ3n) is 2.85. The normalized spacial score (nSPS) is 10.5. The van der Waals surface area contributed by atoms with E-state index in [0.29, 0.717) is 31.2 Å². The van der Waals surface area contributed by atoms with Crippen LogP contribution in [0.15, 0.2) is 0 Å². The molecule has 6 amide bonds. The largest absolute Gasteiger partial charge is 0.338 e. The Labute approximate surface area is 163 Å². The second-order valence-corrected chi connectivity index (χ2v) is 9.06. The van der Waals surface area contributed by atoms with E-state index in [2.05, 4.69) is 35.1 Å². The minimum atomic E-state index is -0.517. The van der Waals surface area contributed by atoms with Crippen LogP contribution < -0.4 is 21.3 Å². The predicted molar refractivity (Wildman–Crippen MR) is 107 cm³/mol. The van der Waals surface area contributed by atoms with Crippen LogP contribution in [0.25, 0.3) is 0 Å². The molecule has 4 N–H and O–H groups in total. The zero-order chi connectivity index (χ0) is 19.9. The molecule has 0 spiro atoms. The molecule has 0 aromatic heterocycles. The molecule has 0 rings (SSSR count). The molecule has 26 heavy (non-hydrogen) atoms. The maximum absolute atomic E-state index is 11.6. The first kappa shape index (κ1) is 24.6. The number of nitrogens with one attached hydrogen (secondary N) is 4. The molecule has 0 saturated heterocycles. The van der Waals surface area contributed by atoms with Crippen LogP contribution in [-0.4, -0.2) is 48.5 Å². The highest BCUT2D eigenvalue weighted by Gasteiger charge is 2.09. The van der Waals surface area contributed by atoms with Gasteiger partial charge in [-0.25, -0.2) is 9.59 Å². The first-order valence-corrected chi connectivity index (χ1v) is 11.1. The zero-order valence-corrected chi connectivity index (χ0v) is 17.5. The summed E-state index contributed by atoms with van der Waals surface area (Å²) in [6, 6.07) is -0.997. The summed E-state index contributed by atoms with van der Waals surface area (Å²) in [5, 5.41) is 9.71. The summed E-state index contributed by atoms with van der Waals surface area (Å²) in [5.74, 6) is 0.726. The van der Waals surface area contributed by atoms with Crippen LogP contribution in [-0.2, 0) is 9.59 Å². The topological polar surface area (TPSA) is 116 Å². The molecule has 0 atom stereocenters. The lowest BCUT2D eigenvalue weighted by molar-refractivity contribution is -0.120. The molecule has 0 fully saturated rings. The van der Waals surface area contributed by atoms with Crippen LogP contribution in [0.5, 0.6) is 0 Å². The van der Waals surface area contributed by atoms with Crippen molar-refractivity contribution in [1.29, 1.82) is 0 Å². The van der Waals surface area contributed by atoms with E-state index in [1.165, 1.54) is 21.6 Å². The lowest BCUT2D eigenvalue weighted by atomic mass is 10.1. The van der Waals surface area contributed by atoms with E-state index < -0.39 is 12.1 Å². The smallest absolute Gasteiger partial charge is 0.321 e. The van der Waals surface area contributed by atoms with Gasteiger partial charge < -0.3 is 10.6 Å². The van der Waals surface area contributed by atoms with Crippen molar-refractivity contribution < 1.29 is 19.2 Å². The van der Waals surface area contributed by atoms with Gasteiger partial charge in [-0.05, 0) is 18.3 Å². The Morgan fingerprint density at radius 1 is 0.769 bits per heavy atom. The summed E-state index contributed by atoms with van der Waals surface area (Å²) in [7, 11) is 2.69. The molecule has 0 aromatic rings.